The number of fused-ring (bicyclic) bond motifs is 1. The maximum absolute atomic E-state index is 6.22. The molecule has 0 fully saturated rings. The highest BCUT2D eigenvalue weighted by molar-refractivity contribution is 5.99. The van der Waals surface area contributed by atoms with Gasteiger partial charge in [0, 0.05) is 34.4 Å². The van der Waals surface area contributed by atoms with Gasteiger partial charge >= 0.3 is 0 Å². The first-order chi connectivity index (χ1) is 8.36. The average Bonchev–Trinajstić information content (AvgIpc) is 2.40. The van der Waals surface area contributed by atoms with E-state index in [1.165, 1.54) is 0 Å². The van der Waals surface area contributed by atoms with E-state index >= 15 is 0 Å². The van der Waals surface area contributed by atoms with Crippen LogP contribution in [0, 0.1) is 0 Å². The van der Waals surface area contributed by atoms with Crippen LogP contribution in [0.4, 0.5) is 5.69 Å². The smallest absolute Gasteiger partial charge is 0.0474 e. The summed E-state index contributed by atoms with van der Waals surface area (Å²) in [6, 6.07) is 16.2. The Morgan fingerprint density at radius 1 is 0.882 bits per heavy atom. The number of nitrogens with two attached hydrogens (primary N) is 1. The quantitative estimate of drug-likeness (QED) is 0.637. The Bertz CT molecular complexity index is 660. The molecule has 0 unspecified atom stereocenters. The monoisotopic (exact) mass is 220 g/mol. The third kappa shape index (κ3) is 1.64. The molecule has 0 aliphatic carbocycles. The number of hydrogen-bond donors (Lipinski definition) is 1. The van der Waals surface area contributed by atoms with Gasteiger partial charge < -0.3 is 5.73 Å². The molecule has 0 amide bonds. The van der Waals surface area contributed by atoms with Crippen molar-refractivity contribution in [3.05, 3.63) is 60.9 Å². The average molecular weight is 220 g/mol. The lowest BCUT2D eigenvalue weighted by Crippen LogP contribution is -1.92. The van der Waals surface area contributed by atoms with Gasteiger partial charge in [-0.05, 0) is 11.6 Å². The summed E-state index contributed by atoms with van der Waals surface area (Å²) in [6.45, 7) is 0. The van der Waals surface area contributed by atoms with E-state index in [0.29, 0.717) is 0 Å². The van der Waals surface area contributed by atoms with Crippen LogP contribution in [0.25, 0.3) is 21.9 Å². The highest BCUT2D eigenvalue weighted by Crippen LogP contribution is 2.31. The molecule has 3 aromatic rings. The molecule has 2 N–H and O–H groups in total. The van der Waals surface area contributed by atoms with Crippen LogP contribution in [0.5, 0.6) is 0 Å². The number of hydrogen-bond acceptors (Lipinski definition) is 2. The summed E-state index contributed by atoms with van der Waals surface area (Å²) < 4.78 is 0. The van der Waals surface area contributed by atoms with E-state index in [1.807, 2.05) is 30.5 Å². The zero-order valence-corrected chi connectivity index (χ0v) is 9.30. The molecule has 0 aliphatic heterocycles. The molecule has 0 saturated carbocycles. The van der Waals surface area contributed by atoms with Crippen molar-refractivity contribution in [2.24, 2.45) is 0 Å². The maximum atomic E-state index is 6.22. The summed E-state index contributed by atoms with van der Waals surface area (Å²) in [5.41, 5.74) is 9.25. The molecule has 2 nitrogen and oxygen atoms in total. The molecule has 0 saturated heterocycles. The minimum Gasteiger partial charge on any atom is -0.398 e. The van der Waals surface area contributed by atoms with Gasteiger partial charge in [0.2, 0.25) is 0 Å². The van der Waals surface area contributed by atoms with Crippen molar-refractivity contribution in [1.29, 1.82) is 0 Å². The summed E-state index contributed by atoms with van der Waals surface area (Å²) in [7, 11) is 0. The predicted octanol–water partition coefficient (Wildman–Crippen LogP) is 3.48. The fourth-order valence-electron chi connectivity index (χ4n) is 2.06. The van der Waals surface area contributed by atoms with Gasteiger partial charge in [-0.15, -0.1) is 0 Å². The lowest BCUT2D eigenvalue weighted by Gasteiger charge is -2.08. The van der Waals surface area contributed by atoms with Crippen molar-refractivity contribution in [1.82, 2.24) is 4.98 Å². The van der Waals surface area contributed by atoms with Gasteiger partial charge in [0.25, 0.3) is 0 Å². The lowest BCUT2D eigenvalue weighted by molar-refractivity contribution is 1.36. The van der Waals surface area contributed by atoms with E-state index in [2.05, 4.69) is 29.2 Å². The standard InChI is InChI=1S/C15H12N2/c16-15-13(11-4-2-1-3-5-11)7-6-12-10-17-9-8-14(12)15/h1-10H,16H2. The van der Waals surface area contributed by atoms with Gasteiger partial charge in [0.05, 0.1) is 0 Å². The Morgan fingerprint density at radius 3 is 2.53 bits per heavy atom. The summed E-state index contributed by atoms with van der Waals surface area (Å²) in [5, 5.41) is 2.13. The minimum atomic E-state index is 0.816. The molecular weight excluding hydrogens is 208 g/mol. The molecular formula is C15H12N2. The summed E-state index contributed by atoms with van der Waals surface area (Å²) in [6.07, 6.45) is 3.61. The van der Waals surface area contributed by atoms with Crippen LogP contribution in [-0.4, -0.2) is 4.98 Å². The number of pyridine rings is 1. The van der Waals surface area contributed by atoms with Gasteiger partial charge in [0.15, 0.2) is 0 Å². The minimum absolute atomic E-state index is 0.816. The normalized spacial score (nSPS) is 10.6. The van der Waals surface area contributed by atoms with E-state index in [4.69, 9.17) is 5.73 Å². The van der Waals surface area contributed by atoms with E-state index in [-0.39, 0.29) is 0 Å². The summed E-state index contributed by atoms with van der Waals surface area (Å²) in [4.78, 5) is 4.10. The molecule has 0 atom stereocenters. The maximum Gasteiger partial charge on any atom is 0.0474 e. The number of rotatable bonds is 1. The fourth-order valence-corrected chi connectivity index (χ4v) is 2.06. The van der Waals surface area contributed by atoms with Crippen molar-refractivity contribution in [2.75, 3.05) is 5.73 Å². The van der Waals surface area contributed by atoms with Crippen molar-refractivity contribution in [3.8, 4) is 11.1 Å². The number of nitrogens with zero attached hydrogens (tertiary/aromatic N) is 1. The SMILES string of the molecule is Nc1c(-c2ccccc2)ccc2cnccc12. The number of benzene rings is 2. The largest absolute Gasteiger partial charge is 0.398 e. The summed E-state index contributed by atoms with van der Waals surface area (Å²) in [5.74, 6) is 0. The number of anilines is 1. The van der Waals surface area contributed by atoms with E-state index in [1.54, 1.807) is 6.20 Å². The highest BCUT2D eigenvalue weighted by Gasteiger charge is 2.05. The van der Waals surface area contributed by atoms with Gasteiger partial charge in [-0.25, -0.2) is 0 Å². The molecule has 3 rings (SSSR count). The van der Waals surface area contributed by atoms with Gasteiger partial charge in [0.1, 0.15) is 0 Å². The Hall–Kier alpha value is -2.35. The zero-order chi connectivity index (χ0) is 11.7. The Kier molecular flexibility index (Phi) is 2.26. The van der Waals surface area contributed by atoms with Crippen LogP contribution >= 0.6 is 0 Å². The van der Waals surface area contributed by atoms with Crippen molar-refractivity contribution in [3.63, 3.8) is 0 Å². The van der Waals surface area contributed by atoms with Crippen LogP contribution in [0.3, 0.4) is 0 Å². The Labute approximate surface area is 99.7 Å². The second kappa shape index (κ2) is 3.91. The topological polar surface area (TPSA) is 38.9 Å². The van der Waals surface area contributed by atoms with Crippen LogP contribution in [-0.2, 0) is 0 Å². The third-order valence-corrected chi connectivity index (χ3v) is 2.95. The van der Waals surface area contributed by atoms with Crippen LogP contribution in [0.2, 0.25) is 0 Å². The predicted molar refractivity (Wildman–Crippen MR) is 71.6 cm³/mol. The molecule has 0 radical (unpaired) electrons. The first-order valence-electron chi connectivity index (χ1n) is 5.54. The van der Waals surface area contributed by atoms with E-state index < -0.39 is 0 Å². The van der Waals surface area contributed by atoms with Crippen LogP contribution in [0.1, 0.15) is 0 Å². The lowest BCUT2D eigenvalue weighted by atomic mass is 10.00. The third-order valence-electron chi connectivity index (χ3n) is 2.95. The van der Waals surface area contributed by atoms with Crippen molar-refractivity contribution in [2.45, 2.75) is 0 Å². The first kappa shape index (κ1) is 9.85. The van der Waals surface area contributed by atoms with Crippen molar-refractivity contribution >= 4 is 16.5 Å². The molecule has 0 bridgehead atoms. The van der Waals surface area contributed by atoms with Crippen LogP contribution < -0.4 is 5.73 Å². The molecule has 2 heteroatoms. The molecule has 82 valence electrons. The summed E-state index contributed by atoms with van der Waals surface area (Å²) >= 11 is 0. The highest BCUT2D eigenvalue weighted by atomic mass is 14.6. The molecule has 1 heterocycles. The van der Waals surface area contributed by atoms with E-state index in [9.17, 15) is 0 Å². The molecule has 0 spiro atoms. The van der Waals surface area contributed by atoms with Gasteiger partial charge in [-0.2, -0.15) is 0 Å². The Balaban J connectivity index is 2.29. The van der Waals surface area contributed by atoms with Crippen LogP contribution in [0.15, 0.2) is 60.9 Å². The molecule has 17 heavy (non-hydrogen) atoms. The first-order valence-corrected chi connectivity index (χ1v) is 5.54. The number of aromatic nitrogens is 1. The van der Waals surface area contributed by atoms with Crippen molar-refractivity contribution < 1.29 is 0 Å². The second-order valence-corrected chi connectivity index (χ2v) is 3.99. The molecule has 1 aromatic heterocycles. The zero-order valence-electron chi connectivity index (χ0n) is 9.30. The molecule has 2 aromatic carbocycles. The fraction of sp³-hybridized carbons (Fsp3) is 0. The molecule has 0 aliphatic rings. The van der Waals surface area contributed by atoms with E-state index in [0.717, 1.165) is 27.6 Å². The second-order valence-electron chi connectivity index (χ2n) is 3.99. The number of nitrogen functional groups attached to an aromatic ring is 1. The van der Waals surface area contributed by atoms with Gasteiger partial charge in [-0.3, -0.25) is 4.98 Å². The Morgan fingerprint density at radius 2 is 1.71 bits per heavy atom. The van der Waals surface area contributed by atoms with Gasteiger partial charge in [-0.1, -0.05) is 42.5 Å².